The second-order valence-corrected chi connectivity index (χ2v) is 7.01. The van der Waals surface area contributed by atoms with Crippen molar-refractivity contribution in [1.82, 2.24) is 4.98 Å². The Balaban J connectivity index is 1.50. The predicted molar refractivity (Wildman–Crippen MR) is 109 cm³/mol. The summed E-state index contributed by atoms with van der Waals surface area (Å²) in [4.78, 5) is 28.5. The number of para-hydroxylation sites is 1. The highest BCUT2D eigenvalue weighted by Gasteiger charge is 2.20. The van der Waals surface area contributed by atoms with Gasteiger partial charge in [-0.2, -0.15) is 0 Å². The van der Waals surface area contributed by atoms with Crippen LogP contribution in [-0.2, 0) is 14.3 Å². The van der Waals surface area contributed by atoms with E-state index in [0.29, 0.717) is 15.9 Å². The first-order valence-corrected chi connectivity index (χ1v) is 9.67. The van der Waals surface area contributed by atoms with E-state index in [4.69, 9.17) is 21.1 Å². The molecule has 1 N–H and O–H groups in total. The molecule has 2 aromatic carbocycles. The molecule has 1 unspecified atom stereocenters. The number of nitrogens with one attached hydrogen (secondary N) is 1. The van der Waals surface area contributed by atoms with Crippen LogP contribution in [-0.4, -0.2) is 29.6 Å². The molecule has 6 nitrogen and oxygen atoms in total. The van der Waals surface area contributed by atoms with Gasteiger partial charge in [0, 0.05) is 10.9 Å². The largest absolute Gasteiger partial charge is 0.480 e. The predicted octanol–water partition coefficient (Wildman–Crippen LogP) is 4.41. The fraction of sp³-hybridized carbons (Fsp3) is 0.150. The molecule has 0 aliphatic carbocycles. The lowest BCUT2D eigenvalue weighted by molar-refractivity contribution is -0.155. The van der Waals surface area contributed by atoms with Gasteiger partial charge in [-0.15, -0.1) is 11.3 Å². The minimum atomic E-state index is -0.994. The second-order valence-electron chi connectivity index (χ2n) is 5.74. The van der Waals surface area contributed by atoms with Crippen LogP contribution in [0.2, 0.25) is 5.02 Å². The molecule has 0 radical (unpaired) electrons. The summed E-state index contributed by atoms with van der Waals surface area (Å²) in [7, 11) is 0. The summed E-state index contributed by atoms with van der Waals surface area (Å²) in [6.45, 7) is 1.13. The number of esters is 1. The van der Waals surface area contributed by atoms with E-state index in [1.165, 1.54) is 18.3 Å². The first-order chi connectivity index (χ1) is 13.5. The Morgan fingerprint density at radius 2 is 1.86 bits per heavy atom. The van der Waals surface area contributed by atoms with Crippen LogP contribution in [0.3, 0.4) is 0 Å². The van der Waals surface area contributed by atoms with Crippen molar-refractivity contribution in [3.8, 4) is 17.0 Å². The van der Waals surface area contributed by atoms with E-state index in [1.807, 2.05) is 35.7 Å². The molecule has 8 heteroatoms. The first kappa shape index (κ1) is 19.9. The molecule has 0 saturated heterocycles. The number of carbonyl (C=O) groups excluding carboxylic acids is 2. The number of hydrogen-bond acceptors (Lipinski definition) is 6. The van der Waals surface area contributed by atoms with Crippen molar-refractivity contribution in [2.75, 3.05) is 11.9 Å². The fourth-order valence-corrected chi connectivity index (χ4v) is 3.18. The molecule has 0 saturated carbocycles. The number of rotatable bonds is 7. The van der Waals surface area contributed by atoms with E-state index in [0.717, 1.165) is 11.3 Å². The van der Waals surface area contributed by atoms with Crippen LogP contribution < -0.4 is 10.1 Å². The Labute approximate surface area is 171 Å². The van der Waals surface area contributed by atoms with E-state index in [2.05, 4.69) is 10.3 Å². The number of halogens is 1. The quantitative estimate of drug-likeness (QED) is 0.577. The average Bonchev–Trinajstić information content (AvgIpc) is 3.16. The molecule has 3 rings (SSSR count). The van der Waals surface area contributed by atoms with Gasteiger partial charge >= 0.3 is 5.97 Å². The smallest absolute Gasteiger partial charge is 0.344 e. The summed E-state index contributed by atoms with van der Waals surface area (Å²) in [6.07, 6.45) is -0.994. The SMILES string of the molecule is CC(OC(=O)COc1ccccc1Cl)C(=O)Nc1nc(-c2ccccc2)cs1. The number of nitrogens with zero attached hydrogens (tertiary/aromatic N) is 1. The summed E-state index contributed by atoms with van der Waals surface area (Å²) >= 11 is 7.25. The number of amides is 1. The maximum atomic E-state index is 12.2. The Morgan fingerprint density at radius 1 is 1.14 bits per heavy atom. The summed E-state index contributed by atoms with van der Waals surface area (Å²) in [6, 6.07) is 16.4. The highest BCUT2D eigenvalue weighted by Crippen LogP contribution is 2.25. The molecular formula is C20H17ClN2O4S. The summed E-state index contributed by atoms with van der Waals surface area (Å²) in [5, 5.41) is 5.31. The highest BCUT2D eigenvalue weighted by atomic mass is 35.5. The van der Waals surface area contributed by atoms with Crippen molar-refractivity contribution < 1.29 is 19.1 Å². The Kier molecular flexibility index (Phi) is 6.62. The summed E-state index contributed by atoms with van der Waals surface area (Å²) in [5.74, 6) is -0.777. The minimum Gasteiger partial charge on any atom is -0.480 e. The minimum absolute atomic E-state index is 0.350. The van der Waals surface area contributed by atoms with Gasteiger partial charge in [0.1, 0.15) is 5.75 Å². The van der Waals surface area contributed by atoms with Crippen LogP contribution in [0.15, 0.2) is 60.0 Å². The Morgan fingerprint density at radius 3 is 2.61 bits per heavy atom. The highest BCUT2D eigenvalue weighted by molar-refractivity contribution is 7.14. The number of anilines is 1. The van der Waals surface area contributed by atoms with Gasteiger partial charge in [-0.25, -0.2) is 9.78 Å². The normalized spacial score (nSPS) is 11.5. The average molecular weight is 417 g/mol. The van der Waals surface area contributed by atoms with Crippen LogP contribution in [0.25, 0.3) is 11.3 Å². The van der Waals surface area contributed by atoms with E-state index in [1.54, 1.807) is 24.3 Å². The number of benzene rings is 2. The van der Waals surface area contributed by atoms with Crippen molar-refractivity contribution >= 4 is 39.9 Å². The van der Waals surface area contributed by atoms with Crippen LogP contribution in [0.4, 0.5) is 5.13 Å². The van der Waals surface area contributed by atoms with Gasteiger partial charge in [0.15, 0.2) is 17.8 Å². The molecule has 1 atom stereocenters. The summed E-state index contributed by atoms with van der Waals surface area (Å²) < 4.78 is 10.4. The van der Waals surface area contributed by atoms with Gasteiger partial charge < -0.3 is 9.47 Å². The lowest BCUT2D eigenvalue weighted by Crippen LogP contribution is -2.31. The molecule has 144 valence electrons. The second kappa shape index (κ2) is 9.34. The molecule has 0 bridgehead atoms. The van der Waals surface area contributed by atoms with E-state index in [-0.39, 0.29) is 6.61 Å². The Hall–Kier alpha value is -2.90. The molecule has 1 amide bonds. The van der Waals surface area contributed by atoms with Crippen LogP contribution in [0.1, 0.15) is 6.92 Å². The van der Waals surface area contributed by atoms with Crippen molar-refractivity contribution in [1.29, 1.82) is 0 Å². The molecule has 0 aliphatic rings. The van der Waals surface area contributed by atoms with E-state index in [9.17, 15) is 9.59 Å². The maximum Gasteiger partial charge on any atom is 0.344 e. The molecule has 1 heterocycles. The van der Waals surface area contributed by atoms with Crippen molar-refractivity contribution in [3.63, 3.8) is 0 Å². The standard InChI is InChI=1S/C20H17ClN2O4S/c1-13(27-18(24)11-26-17-10-6-5-9-15(17)21)19(25)23-20-22-16(12-28-20)14-7-3-2-4-8-14/h2-10,12-13H,11H2,1H3,(H,22,23,25). The number of thiazole rings is 1. The number of carbonyl (C=O) groups is 2. The topological polar surface area (TPSA) is 77.5 Å². The van der Waals surface area contributed by atoms with Gasteiger partial charge in [0.25, 0.3) is 5.91 Å². The van der Waals surface area contributed by atoms with Crippen molar-refractivity contribution in [2.45, 2.75) is 13.0 Å². The van der Waals surface area contributed by atoms with Crippen LogP contribution >= 0.6 is 22.9 Å². The monoisotopic (exact) mass is 416 g/mol. The summed E-state index contributed by atoms with van der Waals surface area (Å²) in [5.41, 5.74) is 1.72. The fourth-order valence-electron chi connectivity index (χ4n) is 2.26. The van der Waals surface area contributed by atoms with Crippen LogP contribution in [0, 0.1) is 0 Å². The third-order valence-electron chi connectivity index (χ3n) is 3.66. The first-order valence-electron chi connectivity index (χ1n) is 8.41. The van der Waals surface area contributed by atoms with Gasteiger partial charge in [0.05, 0.1) is 10.7 Å². The van der Waals surface area contributed by atoms with Gasteiger partial charge in [-0.3, -0.25) is 10.1 Å². The zero-order valence-corrected chi connectivity index (χ0v) is 16.5. The molecule has 1 aromatic heterocycles. The van der Waals surface area contributed by atoms with Gasteiger partial charge in [-0.05, 0) is 19.1 Å². The number of hydrogen-bond donors (Lipinski definition) is 1. The van der Waals surface area contributed by atoms with Crippen molar-refractivity contribution in [2.24, 2.45) is 0 Å². The zero-order chi connectivity index (χ0) is 19.9. The van der Waals surface area contributed by atoms with Gasteiger partial charge in [-0.1, -0.05) is 54.1 Å². The lowest BCUT2D eigenvalue weighted by Gasteiger charge is -2.13. The molecule has 0 fully saturated rings. The molecule has 28 heavy (non-hydrogen) atoms. The third-order valence-corrected chi connectivity index (χ3v) is 4.73. The Bertz CT molecular complexity index is 962. The molecule has 0 aliphatic heterocycles. The van der Waals surface area contributed by atoms with Crippen LogP contribution in [0.5, 0.6) is 5.75 Å². The number of ether oxygens (including phenoxy) is 2. The number of aromatic nitrogens is 1. The zero-order valence-electron chi connectivity index (χ0n) is 14.9. The third kappa shape index (κ3) is 5.31. The molecule has 3 aromatic rings. The molecule has 0 spiro atoms. The maximum absolute atomic E-state index is 12.2. The van der Waals surface area contributed by atoms with E-state index >= 15 is 0 Å². The van der Waals surface area contributed by atoms with E-state index < -0.39 is 18.0 Å². The molecular weight excluding hydrogens is 400 g/mol. The van der Waals surface area contributed by atoms with Crippen molar-refractivity contribution in [3.05, 3.63) is 65.0 Å². The lowest BCUT2D eigenvalue weighted by atomic mass is 10.2. The van der Waals surface area contributed by atoms with Gasteiger partial charge in [0.2, 0.25) is 0 Å².